The summed E-state index contributed by atoms with van der Waals surface area (Å²) in [5.41, 5.74) is -1.81. The maximum absolute atomic E-state index is 13.9. The molecule has 2 aromatic heterocycles. The largest absolute Gasteiger partial charge is 0.456 e. The number of tetrazole rings is 1. The summed E-state index contributed by atoms with van der Waals surface area (Å²) in [5, 5.41) is 13.0. The van der Waals surface area contributed by atoms with Crippen molar-refractivity contribution >= 4 is 10.9 Å². The number of alkyl halides is 6. The Morgan fingerprint density at radius 3 is 2.18 bits per heavy atom. The number of aromatic nitrogens is 5. The normalized spacial score (nSPS) is 12.6. The van der Waals surface area contributed by atoms with Gasteiger partial charge in [-0.1, -0.05) is 13.8 Å². The summed E-state index contributed by atoms with van der Waals surface area (Å²) in [6.07, 6.45) is -8.82. The van der Waals surface area contributed by atoms with E-state index in [0.717, 1.165) is 5.56 Å². The number of nitrogens with one attached hydrogen (secondary N) is 2. The Balaban J connectivity index is 1.85. The number of fused-ring (bicyclic) bond motifs is 1. The summed E-state index contributed by atoms with van der Waals surface area (Å²) in [6, 6.07) is 5.51. The fraction of sp³-hybridized carbons (Fsp3) is 0.286. The summed E-state index contributed by atoms with van der Waals surface area (Å²) >= 11 is 0. The first-order valence-corrected chi connectivity index (χ1v) is 9.76. The molecule has 0 spiro atoms. The lowest BCUT2D eigenvalue weighted by molar-refractivity contribution is -0.145. The van der Waals surface area contributed by atoms with E-state index in [0.29, 0.717) is 23.0 Å². The molecular formula is C21H17F6N5O. The van der Waals surface area contributed by atoms with Crippen LogP contribution in [0.25, 0.3) is 10.9 Å². The zero-order chi connectivity index (χ0) is 24.0. The highest BCUT2D eigenvalue weighted by Gasteiger charge is 2.43. The molecule has 0 atom stereocenters. The first-order chi connectivity index (χ1) is 15.4. The first-order valence-electron chi connectivity index (χ1n) is 9.76. The zero-order valence-electron chi connectivity index (χ0n) is 17.3. The van der Waals surface area contributed by atoms with Crippen LogP contribution < -0.4 is 4.74 Å². The molecule has 2 N–H and O–H groups in total. The highest BCUT2D eigenvalue weighted by molar-refractivity contribution is 5.85. The van der Waals surface area contributed by atoms with Gasteiger partial charge in [0.25, 0.3) is 0 Å². The van der Waals surface area contributed by atoms with Gasteiger partial charge in [-0.3, -0.25) is 0 Å². The van der Waals surface area contributed by atoms with E-state index < -0.39 is 29.2 Å². The third kappa shape index (κ3) is 4.64. The third-order valence-electron chi connectivity index (χ3n) is 5.05. The second-order valence-electron chi connectivity index (χ2n) is 7.75. The molecule has 4 aromatic rings. The van der Waals surface area contributed by atoms with E-state index in [-0.39, 0.29) is 29.5 Å². The Hall–Kier alpha value is -3.57. The Kier molecular flexibility index (Phi) is 5.54. The number of H-pyrrole nitrogens is 2. The van der Waals surface area contributed by atoms with Gasteiger partial charge in [-0.05, 0) is 57.8 Å². The minimum absolute atomic E-state index is 0.0176. The molecule has 0 unspecified atom stereocenters. The van der Waals surface area contributed by atoms with Crippen LogP contribution in [0.15, 0.2) is 36.5 Å². The van der Waals surface area contributed by atoms with E-state index in [1.165, 1.54) is 12.1 Å². The van der Waals surface area contributed by atoms with E-state index in [9.17, 15) is 26.3 Å². The van der Waals surface area contributed by atoms with Crippen LogP contribution in [0.3, 0.4) is 0 Å². The molecule has 0 aliphatic carbocycles. The van der Waals surface area contributed by atoms with Crippen LogP contribution in [-0.4, -0.2) is 25.6 Å². The van der Waals surface area contributed by atoms with Gasteiger partial charge in [0, 0.05) is 23.5 Å². The van der Waals surface area contributed by atoms with Crippen LogP contribution in [0.4, 0.5) is 26.3 Å². The van der Waals surface area contributed by atoms with Gasteiger partial charge < -0.3 is 9.72 Å². The fourth-order valence-corrected chi connectivity index (χ4v) is 3.55. The van der Waals surface area contributed by atoms with Crippen LogP contribution in [0.1, 0.15) is 47.8 Å². The van der Waals surface area contributed by atoms with E-state index in [4.69, 9.17) is 4.74 Å². The number of rotatable bonds is 5. The van der Waals surface area contributed by atoms with Crippen molar-refractivity contribution in [1.29, 1.82) is 0 Å². The Bertz CT molecular complexity index is 1240. The summed E-state index contributed by atoms with van der Waals surface area (Å²) in [6.45, 7) is 3.84. The van der Waals surface area contributed by atoms with Crippen LogP contribution in [0.5, 0.6) is 11.5 Å². The van der Waals surface area contributed by atoms with Gasteiger partial charge >= 0.3 is 12.4 Å². The summed E-state index contributed by atoms with van der Waals surface area (Å²) in [5.74, 6) is -1.36. The lowest BCUT2D eigenvalue weighted by atomic mass is 10.0. The highest BCUT2D eigenvalue weighted by Crippen LogP contribution is 2.47. The van der Waals surface area contributed by atoms with Crippen LogP contribution >= 0.6 is 0 Å². The fourth-order valence-electron chi connectivity index (χ4n) is 3.55. The summed E-state index contributed by atoms with van der Waals surface area (Å²) in [4.78, 5) is 3.03. The maximum Gasteiger partial charge on any atom is 0.420 e. The number of hydrogen-bond donors (Lipinski definition) is 2. The van der Waals surface area contributed by atoms with Crippen molar-refractivity contribution in [1.82, 2.24) is 25.6 Å². The molecule has 0 fully saturated rings. The monoisotopic (exact) mass is 469 g/mol. The van der Waals surface area contributed by atoms with E-state index >= 15 is 0 Å². The van der Waals surface area contributed by atoms with Gasteiger partial charge in [0.2, 0.25) is 0 Å². The SMILES string of the molecule is CC(C)c1c[nH]c2ccc(Oc3c(C(F)(F)F)cc(Cc4nnn[nH]4)cc3C(F)(F)F)cc12. The highest BCUT2D eigenvalue weighted by atomic mass is 19.4. The van der Waals surface area contributed by atoms with Crippen molar-refractivity contribution in [3.63, 3.8) is 0 Å². The van der Waals surface area contributed by atoms with Crippen LogP contribution in [-0.2, 0) is 18.8 Å². The molecule has 174 valence electrons. The van der Waals surface area contributed by atoms with Gasteiger partial charge in [0.1, 0.15) is 5.75 Å². The Labute approximate surface area is 183 Å². The minimum Gasteiger partial charge on any atom is -0.456 e. The van der Waals surface area contributed by atoms with Crippen molar-refractivity contribution in [2.45, 2.75) is 38.5 Å². The molecule has 0 radical (unpaired) electrons. The second kappa shape index (κ2) is 8.09. The molecule has 0 bridgehead atoms. The van der Waals surface area contributed by atoms with Gasteiger partial charge in [-0.2, -0.15) is 26.3 Å². The molecule has 12 heteroatoms. The van der Waals surface area contributed by atoms with Crippen molar-refractivity contribution in [2.75, 3.05) is 0 Å². The molecule has 2 heterocycles. The Morgan fingerprint density at radius 1 is 0.970 bits per heavy atom. The van der Waals surface area contributed by atoms with Crippen LogP contribution in [0.2, 0.25) is 0 Å². The number of ether oxygens (including phenoxy) is 1. The molecule has 6 nitrogen and oxygen atoms in total. The lowest BCUT2D eigenvalue weighted by Crippen LogP contribution is -2.15. The number of aromatic amines is 2. The van der Waals surface area contributed by atoms with Crippen molar-refractivity contribution < 1.29 is 31.1 Å². The molecule has 0 aliphatic heterocycles. The van der Waals surface area contributed by atoms with Crippen molar-refractivity contribution in [2.24, 2.45) is 0 Å². The Morgan fingerprint density at radius 2 is 1.64 bits per heavy atom. The predicted octanol–water partition coefficient (Wildman–Crippen LogP) is 6.23. The lowest BCUT2D eigenvalue weighted by Gasteiger charge is -2.20. The molecule has 2 aromatic carbocycles. The quantitative estimate of drug-likeness (QED) is 0.340. The molecular weight excluding hydrogens is 452 g/mol. The number of benzene rings is 2. The van der Waals surface area contributed by atoms with E-state index in [2.05, 4.69) is 25.6 Å². The van der Waals surface area contributed by atoms with Gasteiger partial charge in [0.05, 0.1) is 11.1 Å². The molecule has 0 amide bonds. The predicted molar refractivity (Wildman–Crippen MR) is 106 cm³/mol. The van der Waals surface area contributed by atoms with Crippen LogP contribution in [0, 0.1) is 0 Å². The standard InChI is InChI=1S/C21H17F6N5O/c1-10(2)14-9-28-17-4-3-12(8-13(14)17)33-19-15(20(22,23)24)5-11(6-16(19)21(25,26)27)7-18-29-31-32-30-18/h3-6,8-10,28H,7H2,1-2H3,(H,29,30,31,32). The molecule has 4 rings (SSSR count). The molecule has 33 heavy (non-hydrogen) atoms. The molecule has 0 saturated heterocycles. The third-order valence-corrected chi connectivity index (χ3v) is 5.05. The number of nitrogens with zero attached hydrogens (tertiary/aromatic N) is 3. The van der Waals surface area contributed by atoms with Gasteiger partial charge in [-0.25, -0.2) is 5.10 Å². The van der Waals surface area contributed by atoms with Gasteiger partial charge in [0.15, 0.2) is 11.6 Å². The maximum atomic E-state index is 13.9. The topological polar surface area (TPSA) is 79.5 Å². The number of hydrogen-bond acceptors (Lipinski definition) is 4. The zero-order valence-corrected chi connectivity index (χ0v) is 17.3. The van der Waals surface area contributed by atoms with Crippen molar-refractivity contribution in [3.8, 4) is 11.5 Å². The molecule has 0 aliphatic rings. The van der Waals surface area contributed by atoms with E-state index in [1.54, 1.807) is 12.3 Å². The van der Waals surface area contributed by atoms with Crippen molar-refractivity contribution in [3.05, 3.63) is 64.6 Å². The smallest absolute Gasteiger partial charge is 0.420 e. The second-order valence-corrected chi connectivity index (χ2v) is 7.75. The average Bonchev–Trinajstić information content (AvgIpc) is 3.36. The van der Waals surface area contributed by atoms with E-state index in [1.807, 2.05) is 13.8 Å². The minimum atomic E-state index is -5.10. The average molecular weight is 469 g/mol. The number of halogens is 6. The molecule has 0 saturated carbocycles. The first kappa shape index (κ1) is 22.6. The van der Waals surface area contributed by atoms with Gasteiger partial charge in [-0.15, -0.1) is 5.10 Å². The summed E-state index contributed by atoms with van der Waals surface area (Å²) < 4.78 is 88.4. The summed E-state index contributed by atoms with van der Waals surface area (Å²) in [7, 11) is 0.